The number of aromatic nitrogens is 3. The third kappa shape index (κ3) is 3.03. The van der Waals surface area contributed by atoms with Gasteiger partial charge in [0.15, 0.2) is 5.69 Å². The van der Waals surface area contributed by atoms with Gasteiger partial charge in [-0.25, -0.2) is 4.68 Å². The first-order valence-corrected chi connectivity index (χ1v) is 11.4. The zero-order chi connectivity index (χ0) is 20.1. The molecule has 0 N–H and O–H groups in total. The van der Waals surface area contributed by atoms with Crippen LogP contribution in [-0.4, -0.2) is 56.0 Å². The number of pyridine rings is 1. The van der Waals surface area contributed by atoms with Crippen molar-refractivity contribution in [2.45, 2.75) is 9.96 Å². The number of hydrogen-bond acceptors (Lipinski definition) is 6. The molecule has 0 aromatic carbocycles. The first kappa shape index (κ1) is 18.6. The molecule has 29 heavy (non-hydrogen) atoms. The van der Waals surface area contributed by atoms with Gasteiger partial charge in [-0.15, -0.1) is 0 Å². The quantitative estimate of drug-likeness (QED) is 0.573. The van der Waals surface area contributed by atoms with E-state index in [1.807, 2.05) is 11.4 Å². The third-order valence-corrected chi connectivity index (χ3v) is 7.90. The summed E-state index contributed by atoms with van der Waals surface area (Å²) in [6.07, 6.45) is 1.69. The molecule has 2 aliphatic rings. The summed E-state index contributed by atoms with van der Waals surface area (Å²) < 4.78 is 22.1. The smallest absolute Gasteiger partial charge is 0.275 e. The van der Waals surface area contributed by atoms with Crippen LogP contribution in [0.4, 0.5) is 0 Å². The molecule has 1 saturated heterocycles. The van der Waals surface area contributed by atoms with Gasteiger partial charge < -0.3 is 18.8 Å². The number of rotatable bonds is 2. The Morgan fingerprint density at radius 2 is 2.07 bits per heavy atom. The molecule has 0 spiro atoms. The van der Waals surface area contributed by atoms with Crippen LogP contribution in [0.3, 0.4) is 0 Å². The number of morpholine rings is 1. The molecule has 150 valence electrons. The maximum absolute atomic E-state index is 13.2. The summed E-state index contributed by atoms with van der Waals surface area (Å²) in [5.74, 6) is 0.0730. The fourth-order valence-electron chi connectivity index (χ4n) is 3.69. The maximum Gasteiger partial charge on any atom is 0.275 e. The Labute approximate surface area is 173 Å². The van der Waals surface area contributed by atoms with Crippen LogP contribution in [0, 0.1) is 0 Å². The summed E-state index contributed by atoms with van der Waals surface area (Å²) in [5.41, 5.74) is 3.17. The normalized spacial score (nSPS) is 18.4. The number of nitrogens with zero attached hydrogens (tertiary/aromatic N) is 4. The molecule has 8 nitrogen and oxygen atoms in total. The van der Waals surface area contributed by atoms with Crippen molar-refractivity contribution in [1.82, 2.24) is 19.2 Å². The first-order valence-electron chi connectivity index (χ1n) is 9.17. The predicted octanol–water partition coefficient (Wildman–Crippen LogP) is 1.39. The Bertz CT molecular complexity index is 1160. The SMILES string of the molecule is Cn1cc(-n2nc(C(=O)N3CCOCC3)c3c2-c2ccsc2[S+]([O-])C3)ccc1=O. The Hall–Kier alpha value is -2.40. The van der Waals surface area contributed by atoms with Gasteiger partial charge in [-0.2, -0.15) is 5.10 Å². The minimum absolute atomic E-state index is 0.128. The number of fused-ring (bicyclic) bond motifs is 3. The second-order valence-electron chi connectivity index (χ2n) is 6.94. The third-order valence-electron chi connectivity index (χ3n) is 5.17. The fraction of sp³-hybridized carbons (Fsp3) is 0.316. The van der Waals surface area contributed by atoms with Crippen molar-refractivity contribution >= 4 is 28.4 Å². The van der Waals surface area contributed by atoms with Crippen LogP contribution in [0.1, 0.15) is 16.1 Å². The van der Waals surface area contributed by atoms with Gasteiger partial charge in [0.05, 0.1) is 35.7 Å². The Morgan fingerprint density at radius 3 is 2.83 bits per heavy atom. The maximum atomic E-state index is 13.2. The van der Waals surface area contributed by atoms with Gasteiger partial charge in [-0.3, -0.25) is 9.59 Å². The number of carbonyl (C=O) groups excluding carboxylic acids is 1. The molecule has 3 aromatic rings. The molecule has 0 saturated carbocycles. The van der Waals surface area contributed by atoms with E-state index in [2.05, 4.69) is 5.10 Å². The fourth-order valence-corrected chi connectivity index (χ4v) is 6.16. The van der Waals surface area contributed by atoms with Crippen molar-refractivity contribution in [3.63, 3.8) is 0 Å². The van der Waals surface area contributed by atoms with E-state index in [0.717, 1.165) is 15.5 Å². The molecule has 0 bridgehead atoms. The van der Waals surface area contributed by atoms with E-state index in [4.69, 9.17) is 4.74 Å². The average molecular weight is 431 g/mol. The van der Waals surface area contributed by atoms with E-state index >= 15 is 0 Å². The number of hydrogen-bond donors (Lipinski definition) is 0. The number of amides is 1. The number of ether oxygens (including phenoxy) is 1. The monoisotopic (exact) mass is 430 g/mol. The standard InChI is InChI=1S/C19H18N4O4S2/c1-21-10-12(2-3-15(21)24)23-17-13-4-9-28-19(13)29(26)11-14(17)16(20-23)18(25)22-5-7-27-8-6-22/h2-4,9-10H,5-8,11H2,1H3. The Balaban J connectivity index is 1.71. The number of thiophene rings is 1. The second kappa shape index (κ2) is 7.13. The lowest BCUT2D eigenvalue weighted by molar-refractivity contribution is 0.0298. The average Bonchev–Trinajstić information content (AvgIpc) is 3.35. The van der Waals surface area contributed by atoms with Gasteiger partial charge in [0.1, 0.15) is 5.75 Å². The van der Waals surface area contributed by atoms with Crippen LogP contribution >= 0.6 is 11.3 Å². The molecule has 1 fully saturated rings. The zero-order valence-electron chi connectivity index (χ0n) is 15.7. The molecule has 5 rings (SSSR count). The second-order valence-corrected chi connectivity index (χ2v) is 9.50. The highest BCUT2D eigenvalue weighted by Gasteiger charge is 2.38. The highest BCUT2D eigenvalue weighted by atomic mass is 32.2. The molecule has 1 amide bonds. The Morgan fingerprint density at radius 1 is 1.28 bits per heavy atom. The molecule has 2 aliphatic heterocycles. The molecular weight excluding hydrogens is 412 g/mol. The van der Waals surface area contributed by atoms with E-state index in [9.17, 15) is 14.1 Å². The molecule has 0 aliphatic carbocycles. The summed E-state index contributed by atoms with van der Waals surface area (Å²) in [5, 5.41) is 6.56. The lowest BCUT2D eigenvalue weighted by atomic mass is 10.1. The molecular formula is C19H18N4O4S2. The minimum atomic E-state index is -1.21. The van der Waals surface area contributed by atoms with Gasteiger partial charge in [-0.1, -0.05) is 11.3 Å². The molecule has 0 radical (unpaired) electrons. The van der Waals surface area contributed by atoms with Crippen molar-refractivity contribution in [2.24, 2.45) is 7.05 Å². The van der Waals surface area contributed by atoms with Crippen LogP contribution < -0.4 is 5.56 Å². The van der Waals surface area contributed by atoms with Gasteiger partial charge in [0.25, 0.3) is 5.91 Å². The van der Waals surface area contributed by atoms with Gasteiger partial charge in [-0.05, 0) is 17.5 Å². The largest absolute Gasteiger partial charge is 0.611 e. The van der Waals surface area contributed by atoms with Gasteiger partial charge in [0, 0.05) is 43.6 Å². The lowest BCUT2D eigenvalue weighted by Gasteiger charge is -2.26. The van der Waals surface area contributed by atoms with Gasteiger partial charge in [0.2, 0.25) is 9.77 Å². The zero-order valence-corrected chi connectivity index (χ0v) is 17.3. The molecule has 1 atom stereocenters. The summed E-state index contributed by atoms with van der Waals surface area (Å²) >= 11 is 0.230. The molecule has 5 heterocycles. The van der Waals surface area contributed by atoms with Crippen LogP contribution in [0.25, 0.3) is 16.9 Å². The van der Waals surface area contributed by atoms with Crippen LogP contribution in [0.2, 0.25) is 0 Å². The summed E-state index contributed by atoms with van der Waals surface area (Å²) in [4.78, 5) is 26.8. The summed E-state index contributed by atoms with van der Waals surface area (Å²) in [6, 6.07) is 5.08. The van der Waals surface area contributed by atoms with E-state index in [0.29, 0.717) is 43.2 Å². The van der Waals surface area contributed by atoms with Crippen LogP contribution in [0.5, 0.6) is 0 Å². The molecule has 1 unspecified atom stereocenters. The van der Waals surface area contributed by atoms with Crippen molar-refractivity contribution < 1.29 is 14.1 Å². The van der Waals surface area contributed by atoms with Gasteiger partial charge >= 0.3 is 0 Å². The first-order chi connectivity index (χ1) is 14.0. The van der Waals surface area contributed by atoms with Crippen LogP contribution in [-0.2, 0) is 28.7 Å². The van der Waals surface area contributed by atoms with Crippen molar-refractivity contribution in [2.75, 3.05) is 26.3 Å². The van der Waals surface area contributed by atoms with Crippen LogP contribution in [0.15, 0.2) is 38.8 Å². The number of aryl methyl sites for hydroxylation is 1. The van der Waals surface area contributed by atoms with E-state index in [1.165, 1.54) is 22.0 Å². The van der Waals surface area contributed by atoms with Crippen molar-refractivity contribution in [3.8, 4) is 16.9 Å². The van der Waals surface area contributed by atoms with Crippen molar-refractivity contribution in [1.29, 1.82) is 0 Å². The van der Waals surface area contributed by atoms with Crippen molar-refractivity contribution in [3.05, 3.63) is 51.4 Å². The topological polar surface area (TPSA) is 92.4 Å². The highest BCUT2D eigenvalue weighted by Crippen LogP contribution is 2.43. The van der Waals surface area contributed by atoms with E-state index in [-0.39, 0.29) is 17.2 Å². The predicted molar refractivity (Wildman–Crippen MR) is 109 cm³/mol. The minimum Gasteiger partial charge on any atom is -0.611 e. The summed E-state index contributed by atoms with van der Waals surface area (Å²) in [6.45, 7) is 2.01. The number of carbonyl (C=O) groups is 1. The summed E-state index contributed by atoms with van der Waals surface area (Å²) in [7, 11) is 1.67. The van der Waals surface area contributed by atoms with E-state index in [1.54, 1.807) is 28.9 Å². The molecule has 10 heteroatoms. The molecule has 3 aromatic heterocycles. The lowest BCUT2D eigenvalue weighted by Crippen LogP contribution is -2.41. The Kier molecular flexibility index (Phi) is 4.58. The van der Waals surface area contributed by atoms with E-state index < -0.39 is 11.2 Å². The highest BCUT2D eigenvalue weighted by molar-refractivity contribution is 7.93.